The smallest absolute Gasteiger partial charge is 0.408 e. The van der Waals surface area contributed by atoms with E-state index >= 15 is 0 Å². The Bertz CT molecular complexity index is 1510. The standard InChI is InChI=1S/C37H51Br2N3O6/c1-9-36(15-17-46-8)21-37(22-36)26-18-23(38)13-14-25(26)30-27(37)19-24(39)20-29(30)41-31(43)28(42-33(45)48-35(5,6)7)12-10-11-16-40-32(44)47-34(2,3)4/h13-14,18-20,28H,9-12,15-17,21-22H2,1-8H3,(H,40,44)(H,41,43)(H,42,45). The summed E-state index contributed by atoms with van der Waals surface area (Å²) >= 11 is 7.45. The molecule has 0 radical (unpaired) electrons. The van der Waals surface area contributed by atoms with Gasteiger partial charge in [-0.05, 0) is 126 Å². The Morgan fingerprint density at radius 2 is 1.54 bits per heavy atom. The third kappa shape index (κ3) is 9.13. The molecule has 11 heteroatoms. The zero-order valence-corrected chi connectivity index (χ0v) is 32.7. The summed E-state index contributed by atoms with van der Waals surface area (Å²) in [5.74, 6) is -0.336. The Morgan fingerprint density at radius 1 is 0.896 bits per heavy atom. The van der Waals surface area contributed by atoms with Gasteiger partial charge in [0.15, 0.2) is 0 Å². The Kier molecular flexibility index (Phi) is 12.0. The molecular weight excluding hydrogens is 742 g/mol. The van der Waals surface area contributed by atoms with E-state index in [1.54, 1.807) is 27.9 Å². The Balaban J connectivity index is 1.59. The highest BCUT2D eigenvalue weighted by atomic mass is 79.9. The zero-order chi connectivity index (χ0) is 35.5. The van der Waals surface area contributed by atoms with Crippen molar-refractivity contribution in [3.63, 3.8) is 0 Å². The summed E-state index contributed by atoms with van der Waals surface area (Å²) in [5, 5.41) is 8.73. The number of ether oxygens (including phenoxy) is 3. The predicted octanol–water partition coefficient (Wildman–Crippen LogP) is 9.23. The van der Waals surface area contributed by atoms with Crippen molar-refractivity contribution >= 4 is 55.6 Å². The molecule has 264 valence electrons. The molecule has 2 aliphatic carbocycles. The van der Waals surface area contributed by atoms with E-state index < -0.39 is 29.4 Å². The average molecular weight is 794 g/mol. The summed E-state index contributed by atoms with van der Waals surface area (Å²) in [5.41, 5.74) is 3.99. The molecule has 2 aliphatic rings. The van der Waals surface area contributed by atoms with E-state index in [4.69, 9.17) is 14.2 Å². The number of nitrogens with one attached hydrogen (secondary N) is 3. The van der Waals surface area contributed by atoms with E-state index in [1.165, 1.54) is 11.1 Å². The molecule has 0 aliphatic heterocycles. The van der Waals surface area contributed by atoms with Crippen LogP contribution in [0.15, 0.2) is 39.3 Å². The molecule has 0 saturated heterocycles. The number of benzene rings is 2. The maximum atomic E-state index is 14.0. The molecule has 4 rings (SSSR count). The van der Waals surface area contributed by atoms with E-state index in [1.807, 2.05) is 32.9 Å². The second kappa shape index (κ2) is 15.1. The molecule has 9 nitrogen and oxygen atoms in total. The number of amides is 3. The molecule has 2 aromatic rings. The fourth-order valence-electron chi connectivity index (χ4n) is 7.10. The van der Waals surface area contributed by atoms with Crippen molar-refractivity contribution in [1.82, 2.24) is 10.6 Å². The van der Waals surface area contributed by atoms with Gasteiger partial charge in [0.1, 0.15) is 17.2 Å². The number of hydrogen-bond acceptors (Lipinski definition) is 6. The molecule has 0 aromatic heterocycles. The van der Waals surface area contributed by atoms with Gasteiger partial charge in [-0.3, -0.25) is 4.79 Å². The van der Waals surface area contributed by atoms with E-state index in [0.717, 1.165) is 52.4 Å². The second-order valence-corrected chi connectivity index (χ2v) is 17.0. The quantitative estimate of drug-likeness (QED) is 0.185. The highest BCUT2D eigenvalue weighted by molar-refractivity contribution is 9.10. The second-order valence-electron chi connectivity index (χ2n) is 15.2. The third-order valence-corrected chi connectivity index (χ3v) is 10.1. The number of halogens is 2. The monoisotopic (exact) mass is 791 g/mol. The molecule has 1 fully saturated rings. The number of carbonyl (C=O) groups excluding carboxylic acids is 3. The van der Waals surface area contributed by atoms with E-state index in [9.17, 15) is 14.4 Å². The lowest BCUT2D eigenvalue weighted by molar-refractivity contribution is -0.118. The molecule has 2 aromatic carbocycles. The van der Waals surface area contributed by atoms with Crippen LogP contribution >= 0.6 is 31.9 Å². The minimum absolute atomic E-state index is 0.170. The minimum Gasteiger partial charge on any atom is -0.444 e. The van der Waals surface area contributed by atoms with Gasteiger partial charge in [0, 0.05) is 40.2 Å². The molecule has 3 N–H and O–H groups in total. The first-order chi connectivity index (χ1) is 22.4. The van der Waals surface area contributed by atoms with Crippen LogP contribution in [-0.4, -0.2) is 55.6 Å². The molecule has 1 atom stereocenters. The maximum Gasteiger partial charge on any atom is 0.408 e. The molecule has 3 amide bonds. The van der Waals surface area contributed by atoms with Crippen molar-refractivity contribution in [2.24, 2.45) is 5.41 Å². The lowest BCUT2D eigenvalue weighted by Gasteiger charge is -2.56. The number of hydrogen-bond donors (Lipinski definition) is 3. The number of unbranched alkanes of at least 4 members (excludes halogenated alkanes) is 1. The lowest BCUT2D eigenvalue weighted by Crippen LogP contribution is -2.49. The normalized spacial score (nSPS) is 20.3. The first-order valence-corrected chi connectivity index (χ1v) is 18.4. The first-order valence-electron chi connectivity index (χ1n) is 16.8. The van der Waals surface area contributed by atoms with Crippen LogP contribution in [0, 0.1) is 5.41 Å². The number of fused-ring (bicyclic) bond motifs is 5. The SMILES string of the molecule is CCC1(CCOC)CC2(C1)c1cc(Br)ccc1-c1c(NC(=O)C(CCCCNC(=O)OC(C)(C)C)NC(=O)OC(C)(C)C)cc(Br)cc12. The average Bonchev–Trinajstić information content (AvgIpc) is 3.21. The summed E-state index contributed by atoms with van der Waals surface area (Å²) in [6.45, 7) is 14.1. The molecule has 0 heterocycles. The van der Waals surface area contributed by atoms with Crippen molar-refractivity contribution in [3.8, 4) is 11.1 Å². The fraction of sp³-hybridized carbons (Fsp3) is 0.595. The van der Waals surface area contributed by atoms with Crippen LogP contribution in [0.5, 0.6) is 0 Å². The summed E-state index contributed by atoms with van der Waals surface area (Å²) in [4.78, 5) is 38.9. The summed E-state index contributed by atoms with van der Waals surface area (Å²) in [7, 11) is 1.76. The lowest BCUT2D eigenvalue weighted by atomic mass is 9.47. The highest BCUT2D eigenvalue weighted by Gasteiger charge is 2.59. The van der Waals surface area contributed by atoms with Gasteiger partial charge in [0.2, 0.25) is 5.91 Å². The molecule has 48 heavy (non-hydrogen) atoms. The number of rotatable bonds is 12. The molecular formula is C37H51Br2N3O6. The van der Waals surface area contributed by atoms with Crippen LogP contribution in [0.4, 0.5) is 15.3 Å². The molecule has 1 spiro atoms. The number of carbonyl (C=O) groups is 3. The topological polar surface area (TPSA) is 115 Å². The summed E-state index contributed by atoms with van der Waals surface area (Å²) < 4.78 is 18.2. The van der Waals surface area contributed by atoms with E-state index in [0.29, 0.717) is 31.5 Å². The van der Waals surface area contributed by atoms with E-state index in [2.05, 4.69) is 72.9 Å². The van der Waals surface area contributed by atoms with Crippen LogP contribution in [0.1, 0.15) is 105 Å². The number of methoxy groups -OCH3 is 1. The Labute approximate surface area is 302 Å². The van der Waals surface area contributed by atoms with Crippen molar-refractivity contribution in [1.29, 1.82) is 0 Å². The van der Waals surface area contributed by atoms with Crippen molar-refractivity contribution < 1.29 is 28.6 Å². The van der Waals surface area contributed by atoms with Gasteiger partial charge >= 0.3 is 12.2 Å². The van der Waals surface area contributed by atoms with Crippen LogP contribution in [0.2, 0.25) is 0 Å². The summed E-state index contributed by atoms with van der Waals surface area (Å²) in [6.07, 6.45) is 4.44. The van der Waals surface area contributed by atoms with Gasteiger partial charge in [0.05, 0.1) is 5.69 Å². The number of alkyl carbamates (subject to hydrolysis) is 2. The van der Waals surface area contributed by atoms with Gasteiger partial charge in [-0.15, -0.1) is 0 Å². The van der Waals surface area contributed by atoms with Gasteiger partial charge in [0.25, 0.3) is 0 Å². The van der Waals surface area contributed by atoms with Crippen molar-refractivity contribution in [3.05, 3.63) is 50.4 Å². The zero-order valence-electron chi connectivity index (χ0n) is 29.5. The minimum atomic E-state index is -0.860. The van der Waals surface area contributed by atoms with Gasteiger partial charge in [-0.1, -0.05) is 51.3 Å². The largest absolute Gasteiger partial charge is 0.444 e. The number of anilines is 1. The van der Waals surface area contributed by atoms with Crippen molar-refractivity contribution in [2.75, 3.05) is 25.6 Å². The highest BCUT2D eigenvalue weighted by Crippen LogP contribution is 2.68. The molecule has 1 saturated carbocycles. The molecule has 0 bridgehead atoms. The molecule has 1 unspecified atom stereocenters. The van der Waals surface area contributed by atoms with Gasteiger partial charge in [-0.2, -0.15) is 0 Å². The van der Waals surface area contributed by atoms with E-state index in [-0.39, 0.29) is 16.7 Å². The first kappa shape index (κ1) is 38.2. The third-order valence-electron chi connectivity index (χ3n) is 9.18. The van der Waals surface area contributed by atoms with Crippen LogP contribution < -0.4 is 16.0 Å². The van der Waals surface area contributed by atoms with Gasteiger partial charge in [-0.25, -0.2) is 9.59 Å². The van der Waals surface area contributed by atoms with Gasteiger partial charge < -0.3 is 30.2 Å². The summed E-state index contributed by atoms with van der Waals surface area (Å²) in [6, 6.07) is 9.68. The Hall–Kier alpha value is -2.63. The Morgan fingerprint density at radius 3 is 2.17 bits per heavy atom. The fourth-order valence-corrected chi connectivity index (χ4v) is 7.92. The van der Waals surface area contributed by atoms with Crippen LogP contribution in [0.3, 0.4) is 0 Å². The van der Waals surface area contributed by atoms with Crippen LogP contribution in [-0.2, 0) is 24.4 Å². The maximum absolute atomic E-state index is 14.0. The van der Waals surface area contributed by atoms with Crippen LogP contribution in [0.25, 0.3) is 11.1 Å². The predicted molar refractivity (Wildman–Crippen MR) is 196 cm³/mol. The van der Waals surface area contributed by atoms with Crippen molar-refractivity contribution in [2.45, 2.75) is 116 Å².